The summed E-state index contributed by atoms with van der Waals surface area (Å²) in [6, 6.07) is 2.00. The lowest BCUT2D eigenvalue weighted by Gasteiger charge is -2.11. The lowest BCUT2D eigenvalue weighted by atomic mass is 10.2. The van der Waals surface area contributed by atoms with Gasteiger partial charge in [0.2, 0.25) is 0 Å². The minimum absolute atomic E-state index is 0.391. The van der Waals surface area contributed by atoms with Crippen LogP contribution in [0.2, 0.25) is 0 Å². The highest BCUT2D eigenvalue weighted by atomic mass is 32.2. The van der Waals surface area contributed by atoms with E-state index in [9.17, 15) is 8.42 Å². The Morgan fingerprint density at radius 2 is 2.00 bits per heavy atom. The third-order valence-electron chi connectivity index (χ3n) is 1.48. The molecule has 0 saturated carbocycles. The maximum absolute atomic E-state index is 11.1. The van der Waals surface area contributed by atoms with Gasteiger partial charge in [-0.05, 0) is 12.8 Å². The minimum atomic E-state index is -3.28. The predicted octanol–water partition coefficient (Wildman–Crippen LogP) is 0.0763. The Bertz CT molecular complexity index is 266. The molecule has 0 radical (unpaired) electrons. The van der Waals surface area contributed by atoms with E-state index < -0.39 is 10.2 Å². The summed E-state index contributed by atoms with van der Waals surface area (Å²) in [5, 5.41) is 8.22. The van der Waals surface area contributed by atoms with Gasteiger partial charge in [0, 0.05) is 27.1 Å². The van der Waals surface area contributed by atoms with Crippen LogP contribution in [-0.4, -0.2) is 33.4 Å². The molecule has 0 spiro atoms. The second-order valence-corrected chi connectivity index (χ2v) is 4.77. The summed E-state index contributed by atoms with van der Waals surface area (Å²) in [5.41, 5.74) is 0. The van der Waals surface area contributed by atoms with Crippen molar-refractivity contribution in [2.24, 2.45) is 0 Å². The van der Waals surface area contributed by atoms with Crippen LogP contribution in [0.15, 0.2) is 0 Å². The molecule has 13 heavy (non-hydrogen) atoms. The van der Waals surface area contributed by atoms with Crippen molar-refractivity contribution in [3.05, 3.63) is 0 Å². The summed E-state index contributed by atoms with van der Waals surface area (Å²) in [6.45, 7) is 0.391. The first-order chi connectivity index (χ1) is 6.00. The third kappa shape index (κ3) is 5.58. The summed E-state index contributed by atoms with van der Waals surface area (Å²) < 4.78 is 25.8. The van der Waals surface area contributed by atoms with Crippen molar-refractivity contribution < 1.29 is 8.42 Å². The zero-order valence-corrected chi connectivity index (χ0v) is 8.76. The number of nitrogens with one attached hydrogen (secondary N) is 1. The molecule has 0 aromatic carbocycles. The molecule has 6 heteroatoms. The molecule has 0 aliphatic rings. The number of nitriles is 1. The van der Waals surface area contributed by atoms with Gasteiger partial charge in [-0.25, -0.2) is 4.72 Å². The Labute approximate surface area is 79.5 Å². The molecule has 0 fully saturated rings. The van der Waals surface area contributed by atoms with Gasteiger partial charge in [0.15, 0.2) is 0 Å². The fourth-order valence-corrected chi connectivity index (χ4v) is 1.32. The van der Waals surface area contributed by atoms with Crippen LogP contribution in [0.3, 0.4) is 0 Å². The molecule has 0 aliphatic carbocycles. The summed E-state index contributed by atoms with van der Waals surface area (Å²) in [7, 11) is -0.345. The van der Waals surface area contributed by atoms with E-state index in [1.54, 1.807) is 0 Å². The third-order valence-corrected chi connectivity index (χ3v) is 3.01. The molecular formula is C7H15N3O2S. The van der Waals surface area contributed by atoms with Gasteiger partial charge >= 0.3 is 0 Å². The van der Waals surface area contributed by atoms with Crippen molar-refractivity contribution in [2.45, 2.75) is 19.3 Å². The van der Waals surface area contributed by atoms with Crippen molar-refractivity contribution >= 4 is 10.2 Å². The second-order valence-electron chi connectivity index (χ2n) is 2.80. The smallest absolute Gasteiger partial charge is 0.202 e. The Balaban J connectivity index is 3.61. The van der Waals surface area contributed by atoms with E-state index in [0.29, 0.717) is 19.4 Å². The van der Waals surface area contributed by atoms with Gasteiger partial charge in [-0.1, -0.05) is 0 Å². The van der Waals surface area contributed by atoms with Crippen molar-refractivity contribution in [1.29, 1.82) is 5.26 Å². The fourth-order valence-electron chi connectivity index (χ4n) is 0.659. The highest BCUT2D eigenvalue weighted by molar-refractivity contribution is 7.87. The van der Waals surface area contributed by atoms with Gasteiger partial charge in [0.25, 0.3) is 10.2 Å². The number of hydrogen-bond acceptors (Lipinski definition) is 3. The molecule has 0 bridgehead atoms. The average molecular weight is 205 g/mol. The summed E-state index contributed by atoms with van der Waals surface area (Å²) in [4.78, 5) is 0. The van der Waals surface area contributed by atoms with Crippen LogP contribution < -0.4 is 4.72 Å². The maximum atomic E-state index is 11.1. The monoisotopic (exact) mass is 205 g/mol. The van der Waals surface area contributed by atoms with Crippen molar-refractivity contribution in [1.82, 2.24) is 9.03 Å². The first-order valence-electron chi connectivity index (χ1n) is 4.05. The van der Waals surface area contributed by atoms with E-state index in [0.717, 1.165) is 10.7 Å². The highest BCUT2D eigenvalue weighted by Crippen LogP contribution is 1.94. The van der Waals surface area contributed by atoms with Crippen LogP contribution in [0.4, 0.5) is 0 Å². The van der Waals surface area contributed by atoms with E-state index in [2.05, 4.69) is 4.72 Å². The normalized spacial score (nSPS) is 11.5. The maximum Gasteiger partial charge on any atom is 0.278 e. The van der Waals surface area contributed by atoms with E-state index in [-0.39, 0.29) is 0 Å². The number of hydrogen-bond donors (Lipinski definition) is 1. The van der Waals surface area contributed by atoms with Crippen LogP contribution in [0.1, 0.15) is 19.3 Å². The van der Waals surface area contributed by atoms with E-state index in [1.807, 2.05) is 6.07 Å². The molecule has 0 heterocycles. The SMILES string of the molecule is CN(C)S(=O)(=O)NCCCCC#N. The predicted molar refractivity (Wildman–Crippen MR) is 50.1 cm³/mol. The molecule has 5 nitrogen and oxygen atoms in total. The highest BCUT2D eigenvalue weighted by Gasteiger charge is 2.10. The average Bonchev–Trinajstić information content (AvgIpc) is 2.03. The second kappa shape index (κ2) is 5.91. The zero-order valence-electron chi connectivity index (χ0n) is 7.95. The lowest BCUT2D eigenvalue weighted by Crippen LogP contribution is -2.36. The fraction of sp³-hybridized carbons (Fsp3) is 0.857. The molecule has 0 aromatic heterocycles. The Kier molecular flexibility index (Phi) is 5.62. The van der Waals surface area contributed by atoms with E-state index in [1.165, 1.54) is 14.1 Å². The van der Waals surface area contributed by atoms with Crippen molar-refractivity contribution in [3.63, 3.8) is 0 Å². The molecule has 0 unspecified atom stereocenters. The molecule has 0 amide bonds. The van der Waals surface area contributed by atoms with Crippen LogP contribution in [0.25, 0.3) is 0 Å². The molecule has 0 rings (SSSR count). The Morgan fingerprint density at radius 3 is 2.46 bits per heavy atom. The lowest BCUT2D eigenvalue weighted by molar-refractivity contribution is 0.503. The standard InChI is InChI=1S/C7H15N3O2S/c1-10(2)13(11,12)9-7-5-3-4-6-8/h9H,3-5,7H2,1-2H3. The quantitative estimate of drug-likeness (QED) is 0.624. The van der Waals surface area contributed by atoms with Gasteiger partial charge in [-0.2, -0.15) is 18.0 Å². The zero-order chi connectivity index (χ0) is 10.3. The van der Waals surface area contributed by atoms with Crippen LogP contribution in [0, 0.1) is 11.3 Å². The number of unbranched alkanes of at least 4 members (excludes halogenated alkanes) is 2. The Morgan fingerprint density at radius 1 is 1.38 bits per heavy atom. The Hall–Kier alpha value is -0.640. The number of nitrogens with zero attached hydrogens (tertiary/aromatic N) is 2. The molecule has 0 saturated heterocycles. The first kappa shape index (κ1) is 12.4. The van der Waals surface area contributed by atoms with Crippen LogP contribution in [-0.2, 0) is 10.2 Å². The molecule has 0 aliphatic heterocycles. The van der Waals surface area contributed by atoms with Crippen molar-refractivity contribution in [2.75, 3.05) is 20.6 Å². The van der Waals surface area contributed by atoms with Crippen LogP contribution >= 0.6 is 0 Å². The molecule has 0 aromatic rings. The van der Waals surface area contributed by atoms with Crippen LogP contribution in [0.5, 0.6) is 0 Å². The largest absolute Gasteiger partial charge is 0.278 e. The molecule has 0 atom stereocenters. The van der Waals surface area contributed by atoms with E-state index in [4.69, 9.17) is 5.26 Å². The topological polar surface area (TPSA) is 73.2 Å². The van der Waals surface area contributed by atoms with Crippen molar-refractivity contribution in [3.8, 4) is 6.07 Å². The summed E-state index contributed by atoms with van der Waals surface area (Å²) >= 11 is 0. The van der Waals surface area contributed by atoms with Gasteiger partial charge in [-0.15, -0.1) is 0 Å². The summed E-state index contributed by atoms with van der Waals surface area (Å²) in [5.74, 6) is 0. The van der Waals surface area contributed by atoms with Gasteiger partial charge in [0.05, 0.1) is 6.07 Å². The summed E-state index contributed by atoms with van der Waals surface area (Å²) in [6.07, 6.45) is 1.90. The minimum Gasteiger partial charge on any atom is -0.202 e. The van der Waals surface area contributed by atoms with E-state index >= 15 is 0 Å². The van der Waals surface area contributed by atoms with Gasteiger partial charge < -0.3 is 0 Å². The van der Waals surface area contributed by atoms with Gasteiger partial charge in [0.1, 0.15) is 0 Å². The first-order valence-corrected chi connectivity index (χ1v) is 5.49. The molecule has 76 valence electrons. The molecule has 1 N–H and O–H groups in total. The number of rotatable bonds is 6. The van der Waals surface area contributed by atoms with Gasteiger partial charge in [-0.3, -0.25) is 0 Å². The molecular weight excluding hydrogens is 190 g/mol.